The molecular weight excluding hydrogens is 466 g/mol. The van der Waals surface area contributed by atoms with E-state index >= 15 is 0 Å². The molecule has 202 valence electrons. The highest BCUT2D eigenvalue weighted by molar-refractivity contribution is 5.96. The highest BCUT2D eigenvalue weighted by atomic mass is 16.6. The minimum Gasteiger partial charge on any atom is -0.464 e. The largest absolute Gasteiger partial charge is 0.464 e. The maximum absolute atomic E-state index is 13.7. The van der Waals surface area contributed by atoms with Crippen LogP contribution in [0.4, 0.5) is 4.79 Å². The van der Waals surface area contributed by atoms with Crippen LogP contribution in [0.2, 0.25) is 0 Å². The van der Waals surface area contributed by atoms with Crippen molar-refractivity contribution in [1.29, 1.82) is 0 Å². The fraction of sp³-hybridized carbons (Fsp3) is 0.769. The Kier molecular flexibility index (Phi) is 9.03. The summed E-state index contributed by atoms with van der Waals surface area (Å²) in [5, 5.41) is 5.64. The van der Waals surface area contributed by atoms with Crippen molar-refractivity contribution in [1.82, 2.24) is 15.5 Å². The minimum absolute atomic E-state index is 0.143. The zero-order chi connectivity index (χ0) is 26.5. The lowest BCUT2D eigenvalue weighted by atomic mass is 10.0. The van der Waals surface area contributed by atoms with Gasteiger partial charge in [0.05, 0.1) is 12.7 Å². The molecule has 0 radical (unpaired) electrons. The van der Waals surface area contributed by atoms with E-state index in [1.165, 1.54) is 12.0 Å². The topological polar surface area (TPSA) is 123 Å². The SMILES string of the molecule is CCOC(=O)[C@@]12C[C@@H]1/C=C\CCCCC[C@H](NC(=O)OC(C)(C)C)C(=O)N1C[C@H](OC)C[C@H]1C(=O)N2. The smallest absolute Gasteiger partial charge is 0.408 e. The van der Waals surface area contributed by atoms with Crippen molar-refractivity contribution in [2.24, 2.45) is 5.92 Å². The molecule has 0 bridgehead atoms. The van der Waals surface area contributed by atoms with Crippen LogP contribution in [0.5, 0.6) is 0 Å². The summed E-state index contributed by atoms with van der Waals surface area (Å²) in [5.41, 5.74) is -1.82. The van der Waals surface area contributed by atoms with Gasteiger partial charge >= 0.3 is 12.1 Å². The van der Waals surface area contributed by atoms with Gasteiger partial charge in [0.2, 0.25) is 11.8 Å². The van der Waals surface area contributed by atoms with Gasteiger partial charge in [0.25, 0.3) is 0 Å². The van der Waals surface area contributed by atoms with Crippen LogP contribution in [0.1, 0.15) is 72.6 Å². The Labute approximate surface area is 213 Å². The van der Waals surface area contributed by atoms with Crippen molar-refractivity contribution in [3.8, 4) is 0 Å². The molecule has 1 saturated carbocycles. The number of hydrogen-bond acceptors (Lipinski definition) is 7. The highest BCUT2D eigenvalue weighted by Gasteiger charge is 2.62. The van der Waals surface area contributed by atoms with Crippen molar-refractivity contribution >= 4 is 23.9 Å². The first-order valence-electron chi connectivity index (χ1n) is 13.0. The van der Waals surface area contributed by atoms with Gasteiger partial charge in [-0.15, -0.1) is 0 Å². The van der Waals surface area contributed by atoms with Gasteiger partial charge in [0.1, 0.15) is 23.2 Å². The molecule has 0 spiro atoms. The van der Waals surface area contributed by atoms with E-state index in [9.17, 15) is 19.2 Å². The number of carbonyl (C=O) groups is 4. The van der Waals surface area contributed by atoms with E-state index in [0.29, 0.717) is 19.3 Å². The normalized spacial score (nSPS) is 32.2. The molecule has 3 amide bonds. The van der Waals surface area contributed by atoms with Crippen molar-refractivity contribution in [2.75, 3.05) is 20.3 Å². The summed E-state index contributed by atoms with van der Waals surface area (Å²) in [6.45, 7) is 7.43. The average Bonchev–Trinajstić information content (AvgIpc) is 3.31. The fourth-order valence-corrected chi connectivity index (χ4v) is 4.93. The Morgan fingerprint density at radius 2 is 1.97 bits per heavy atom. The van der Waals surface area contributed by atoms with E-state index < -0.39 is 41.2 Å². The van der Waals surface area contributed by atoms with Crippen LogP contribution < -0.4 is 10.6 Å². The first-order chi connectivity index (χ1) is 17.0. The van der Waals surface area contributed by atoms with E-state index in [2.05, 4.69) is 10.6 Å². The number of esters is 1. The lowest BCUT2D eigenvalue weighted by Crippen LogP contribution is -2.56. The number of alkyl carbamates (subject to hydrolysis) is 1. The van der Waals surface area contributed by atoms with Gasteiger partial charge in [-0.25, -0.2) is 9.59 Å². The molecule has 0 unspecified atom stereocenters. The summed E-state index contributed by atoms with van der Waals surface area (Å²) >= 11 is 0. The van der Waals surface area contributed by atoms with E-state index in [-0.39, 0.29) is 31.1 Å². The Hall–Kier alpha value is -2.62. The van der Waals surface area contributed by atoms with E-state index in [1.807, 2.05) is 12.2 Å². The molecule has 1 saturated heterocycles. The third kappa shape index (κ3) is 6.78. The third-order valence-electron chi connectivity index (χ3n) is 6.90. The summed E-state index contributed by atoms with van der Waals surface area (Å²) in [5.74, 6) is -1.37. The molecule has 2 heterocycles. The van der Waals surface area contributed by atoms with Crippen LogP contribution in [0.15, 0.2) is 12.2 Å². The third-order valence-corrected chi connectivity index (χ3v) is 6.90. The van der Waals surface area contributed by atoms with Gasteiger partial charge in [-0.3, -0.25) is 9.59 Å². The molecule has 1 aliphatic carbocycles. The number of allylic oxidation sites excluding steroid dienone is 1. The molecule has 36 heavy (non-hydrogen) atoms. The van der Waals surface area contributed by atoms with Crippen LogP contribution in [0.3, 0.4) is 0 Å². The number of nitrogens with zero attached hydrogens (tertiary/aromatic N) is 1. The second-order valence-electron chi connectivity index (χ2n) is 10.9. The van der Waals surface area contributed by atoms with Crippen LogP contribution in [0, 0.1) is 5.92 Å². The van der Waals surface area contributed by atoms with Gasteiger partial charge in [0, 0.05) is 26.0 Å². The number of fused-ring (bicyclic) bond motifs is 2. The van der Waals surface area contributed by atoms with Gasteiger partial charge in [0.15, 0.2) is 0 Å². The van der Waals surface area contributed by atoms with Crippen molar-refractivity contribution in [2.45, 2.75) is 102 Å². The summed E-state index contributed by atoms with van der Waals surface area (Å²) in [6.07, 6.45) is 7.55. The number of carbonyl (C=O) groups excluding carboxylic acids is 4. The van der Waals surface area contributed by atoms with Gasteiger partial charge in [-0.05, 0) is 53.4 Å². The standard InChI is InChI=1S/C26H41N3O7/c1-6-35-23(32)26-15-17(26)12-10-8-7-9-11-13-19(27-24(33)36-25(2,3)4)22(31)29-16-18(34-5)14-20(29)21(30)28-26/h10,12,17-20H,6-9,11,13-16H2,1-5H3,(H,27,33)(H,28,30)/b12-10-/t17-,18+,19-,20-,26+/m0/s1. The van der Waals surface area contributed by atoms with Crippen LogP contribution in [-0.4, -0.2) is 78.4 Å². The Morgan fingerprint density at radius 3 is 2.64 bits per heavy atom. The van der Waals surface area contributed by atoms with Crippen LogP contribution in [-0.2, 0) is 28.6 Å². The molecule has 0 aromatic carbocycles. The van der Waals surface area contributed by atoms with E-state index in [4.69, 9.17) is 14.2 Å². The molecule has 2 N–H and O–H groups in total. The zero-order valence-electron chi connectivity index (χ0n) is 22.1. The number of rotatable bonds is 4. The summed E-state index contributed by atoms with van der Waals surface area (Å²) in [4.78, 5) is 54.0. The van der Waals surface area contributed by atoms with Gasteiger partial charge in [-0.2, -0.15) is 0 Å². The predicted octanol–water partition coefficient (Wildman–Crippen LogP) is 2.45. The summed E-state index contributed by atoms with van der Waals surface area (Å²) < 4.78 is 16.2. The summed E-state index contributed by atoms with van der Waals surface area (Å²) in [6, 6.07) is -1.66. The van der Waals surface area contributed by atoms with Crippen molar-refractivity contribution in [3.05, 3.63) is 12.2 Å². The molecule has 10 nitrogen and oxygen atoms in total. The number of amides is 3. The molecule has 3 aliphatic rings. The molecule has 0 aromatic heterocycles. The Balaban J connectivity index is 1.86. The van der Waals surface area contributed by atoms with E-state index in [1.54, 1.807) is 27.7 Å². The Morgan fingerprint density at radius 1 is 1.22 bits per heavy atom. The number of nitrogens with one attached hydrogen (secondary N) is 2. The first-order valence-corrected chi connectivity index (χ1v) is 13.0. The number of ether oxygens (including phenoxy) is 3. The molecular formula is C26H41N3O7. The maximum Gasteiger partial charge on any atom is 0.408 e. The van der Waals surface area contributed by atoms with Crippen LogP contribution in [0.25, 0.3) is 0 Å². The lowest BCUT2D eigenvalue weighted by molar-refractivity contribution is -0.150. The average molecular weight is 508 g/mol. The fourth-order valence-electron chi connectivity index (χ4n) is 4.93. The lowest BCUT2D eigenvalue weighted by Gasteiger charge is -2.30. The van der Waals surface area contributed by atoms with Gasteiger partial charge in [-0.1, -0.05) is 25.0 Å². The second kappa shape index (κ2) is 11.6. The molecule has 5 atom stereocenters. The summed E-state index contributed by atoms with van der Waals surface area (Å²) in [7, 11) is 1.54. The molecule has 2 fully saturated rings. The minimum atomic E-state index is -1.11. The predicted molar refractivity (Wildman–Crippen MR) is 132 cm³/mol. The maximum atomic E-state index is 13.7. The quantitative estimate of drug-likeness (QED) is 0.443. The Bertz CT molecular complexity index is 868. The van der Waals surface area contributed by atoms with Crippen molar-refractivity contribution in [3.63, 3.8) is 0 Å². The first kappa shape index (κ1) is 28.0. The van der Waals surface area contributed by atoms with E-state index in [0.717, 1.165) is 25.7 Å². The van der Waals surface area contributed by atoms with Crippen molar-refractivity contribution < 1.29 is 33.4 Å². The molecule has 0 aromatic rings. The number of methoxy groups -OCH3 is 1. The second-order valence-corrected chi connectivity index (χ2v) is 10.9. The molecule has 3 rings (SSSR count). The highest BCUT2D eigenvalue weighted by Crippen LogP contribution is 2.46. The number of hydrogen-bond donors (Lipinski definition) is 2. The molecule has 2 aliphatic heterocycles. The van der Waals surface area contributed by atoms with Gasteiger partial charge < -0.3 is 29.7 Å². The van der Waals surface area contributed by atoms with Crippen LogP contribution >= 0.6 is 0 Å². The molecule has 10 heteroatoms. The monoisotopic (exact) mass is 507 g/mol. The zero-order valence-corrected chi connectivity index (χ0v) is 22.1.